The van der Waals surface area contributed by atoms with Gasteiger partial charge < -0.3 is 10.5 Å². The van der Waals surface area contributed by atoms with E-state index >= 15 is 0 Å². The van der Waals surface area contributed by atoms with E-state index in [0.717, 1.165) is 43.5 Å². The fourth-order valence-electron chi connectivity index (χ4n) is 3.99. The first kappa shape index (κ1) is 17.6. The molecule has 0 aliphatic heterocycles. The molecule has 0 atom stereocenters. The fourth-order valence-corrected chi connectivity index (χ4v) is 3.99. The molecule has 1 aliphatic rings. The number of nitrogens with two attached hydrogens (primary N) is 1. The molecule has 4 rings (SSSR count). The summed E-state index contributed by atoms with van der Waals surface area (Å²) < 4.78 is 6.11. The minimum Gasteiger partial charge on any atom is -0.493 e. The topological polar surface area (TPSA) is 48.1 Å². The van der Waals surface area contributed by atoms with Crippen molar-refractivity contribution in [3.8, 4) is 5.75 Å². The van der Waals surface area contributed by atoms with Gasteiger partial charge in [0, 0.05) is 12.1 Å². The number of aromatic nitrogens is 1. The summed E-state index contributed by atoms with van der Waals surface area (Å²) in [6.07, 6.45) is 5.02. The highest BCUT2D eigenvalue weighted by molar-refractivity contribution is 5.48. The van der Waals surface area contributed by atoms with Crippen molar-refractivity contribution < 1.29 is 4.74 Å². The summed E-state index contributed by atoms with van der Waals surface area (Å²) in [4.78, 5) is 4.34. The van der Waals surface area contributed by atoms with Crippen LogP contribution in [0.25, 0.3) is 0 Å². The Morgan fingerprint density at radius 3 is 2.63 bits per heavy atom. The summed E-state index contributed by atoms with van der Waals surface area (Å²) in [7, 11) is 0. The molecule has 0 saturated carbocycles. The second-order valence-electron chi connectivity index (χ2n) is 7.17. The van der Waals surface area contributed by atoms with Gasteiger partial charge in [0.05, 0.1) is 6.61 Å². The zero-order valence-electron chi connectivity index (χ0n) is 15.9. The van der Waals surface area contributed by atoms with Crippen molar-refractivity contribution in [2.24, 2.45) is 0 Å². The molecule has 0 fully saturated rings. The van der Waals surface area contributed by atoms with Gasteiger partial charge in [0.25, 0.3) is 0 Å². The van der Waals surface area contributed by atoms with Gasteiger partial charge in [-0.05, 0) is 77.8 Å². The smallest absolute Gasteiger partial charge is 0.123 e. The van der Waals surface area contributed by atoms with Crippen LogP contribution in [-0.2, 0) is 32.1 Å². The Bertz CT molecular complexity index is 949. The maximum atomic E-state index is 6.11. The van der Waals surface area contributed by atoms with Crippen molar-refractivity contribution in [1.29, 1.82) is 0 Å². The lowest BCUT2D eigenvalue weighted by molar-refractivity contribution is 0.320. The van der Waals surface area contributed by atoms with Crippen molar-refractivity contribution in [2.75, 3.05) is 12.3 Å². The first-order chi connectivity index (χ1) is 13.2. The van der Waals surface area contributed by atoms with Crippen LogP contribution in [0.15, 0.2) is 54.6 Å². The SMILES string of the molecule is CCc1cc(OCCc2cccc(N)n2)cc2c1CCc1ccccc1C2. The average Bonchev–Trinajstić information content (AvgIpc) is 2.86. The number of hydrogen-bond donors (Lipinski definition) is 1. The van der Waals surface area contributed by atoms with Gasteiger partial charge in [0.1, 0.15) is 11.6 Å². The van der Waals surface area contributed by atoms with Gasteiger partial charge in [0.2, 0.25) is 0 Å². The molecule has 1 heterocycles. The van der Waals surface area contributed by atoms with Crippen LogP contribution in [-0.4, -0.2) is 11.6 Å². The quantitative estimate of drug-likeness (QED) is 0.728. The van der Waals surface area contributed by atoms with E-state index in [1.54, 1.807) is 0 Å². The fraction of sp³-hybridized carbons (Fsp3) is 0.292. The summed E-state index contributed by atoms with van der Waals surface area (Å²) in [6.45, 7) is 2.84. The van der Waals surface area contributed by atoms with Crippen LogP contribution in [0.4, 0.5) is 5.82 Å². The van der Waals surface area contributed by atoms with Crippen LogP contribution in [0.1, 0.15) is 40.4 Å². The highest BCUT2D eigenvalue weighted by Gasteiger charge is 2.17. The van der Waals surface area contributed by atoms with Crippen molar-refractivity contribution >= 4 is 5.82 Å². The lowest BCUT2D eigenvalue weighted by Crippen LogP contribution is -2.06. The monoisotopic (exact) mass is 358 g/mol. The predicted molar refractivity (Wildman–Crippen MR) is 110 cm³/mol. The Morgan fingerprint density at radius 2 is 1.81 bits per heavy atom. The number of pyridine rings is 1. The molecule has 2 N–H and O–H groups in total. The van der Waals surface area contributed by atoms with Gasteiger partial charge in [-0.2, -0.15) is 0 Å². The minimum atomic E-state index is 0.560. The molecule has 3 aromatic rings. The molecular formula is C24H26N2O. The summed E-state index contributed by atoms with van der Waals surface area (Å²) in [5, 5.41) is 0. The molecule has 0 spiro atoms. The van der Waals surface area contributed by atoms with Crippen LogP contribution >= 0.6 is 0 Å². The third-order valence-corrected chi connectivity index (χ3v) is 5.39. The Balaban J connectivity index is 1.54. The average molecular weight is 358 g/mol. The molecule has 1 aliphatic carbocycles. The third kappa shape index (κ3) is 3.97. The van der Waals surface area contributed by atoms with Crippen molar-refractivity contribution in [3.05, 3.63) is 88.1 Å². The Hall–Kier alpha value is -2.81. The van der Waals surface area contributed by atoms with Gasteiger partial charge in [-0.1, -0.05) is 37.3 Å². The number of rotatable bonds is 5. The normalized spacial score (nSPS) is 12.8. The molecule has 0 radical (unpaired) electrons. The van der Waals surface area contributed by atoms with Crippen LogP contribution in [0.2, 0.25) is 0 Å². The minimum absolute atomic E-state index is 0.560. The zero-order valence-corrected chi connectivity index (χ0v) is 15.9. The molecule has 0 bridgehead atoms. The number of nitrogens with zero attached hydrogens (tertiary/aromatic N) is 1. The number of aryl methyl sites for hydroxylation is 2. The van der Waals surface area contributed by atoms with E-state index in [-0.39, 0.29) is 0 Å². The van der Waals surface area contributed by atoms with E-state index in [1.165, 1.54) is 27.8 Å². The van der Waals surface area contributed by atoms with Gasteiger partial charge in [-0.15, -0.1) is 0 Å². The lowest BCUT2D eigenvalue weighted by atomic mass is 9.94. The molecule has 0 amide bonds. The summed E-state index contributed by atoms with van der Waals surface area (Å²) in [5.41, 5.74) is 14.0. The van der Waals surface area contributed by atoms with Gasteiger partial charge in [-0.3, -0.25) is 0 Å². The number of benzene rings is 2. The van der Waals surface area contributed by atoms with E-state index < -0.39 is 0 Å². The molecule has 3 heteroatoms. The first-order valence-electron chi connectivity index (χ1n) is 9.78. The lowest BCUT2D eigenvalue weighted by Gasteiger charge is -2.15. The van der Waals surface area contributed by atoms with Gasteiger partial charge >= 0.3 is 0 Å². The number of hydrogen-bond acceptors (Lipinski definition) is 3. The van der Waals surface area contributed by atoms with Crippen LogP contribution < -0.4 is 10.5 Å². The highest BCUT2D eigenvalue weighted by Crippen LogP contribution is 2.30. The molecule has 138 valence electrons. The maximum Gasteiger partial charge on any atom is 0.123 e. The molecule has 27 heavy (non-hydrogen) atoms. The zero-order chi connectivity index (χ0) is 18.6. The van der Waals surface area contributed by atoms with Crippen molar-refractivity contribution in [1.82, 2.24) is 4.98 Å². The largest absolute Gasteiger partial charge is 0.493 e. The van der Waals surface area contributed by atoms with E-state index in [9.17, 15) is 0 Å². The highest BCUT2D eigenvalue weighted by atomic mass is 16.5. The summed E-state index contributed by atoms with van der Waals surface area (Å²) in [5.74, 6) is 1.53. The first-order valence-corrected chi connectivity index (χ1v) is 9.78. The van der Waals surface area contributed by atoms with Crippen LogP contribution in [0.3, 0.4) is 0 Å². The molecular weight excluding hydrogens is 332 g/mol. The number of nitrogen functional groups attached to an aromatic ring is 1. The van der Waals surface area contributed by atoms with E-state index in [0.29, 0.717) is 12.4 Å². The molecule has 0 unspecified atom stereocenters. The van der Waals surface area contributed by atoms with Gasteiger partial charge in [0.15, 0.2) is 0 Å². The third-order valence-electron chi connectivity index (χ3n) is 5.39. The van der Waals surface area contributed by atoms with Gasteiger partial charge in [-0.25, -0.2) is 4.98 Å². The Kier molecular flexibility index (Phi) is 5.10. The molecule has 3 nitrogen and oxygen atoms in total. The van der Waals surface area contributed by atoms with E-state index in [1.807, 2.05) is 18.2 Å². The van der Waals surface area contributed by atoms with E-state index in [2.05, 4.69) is 48.3 Å². The van der Waals surface area contributed by atoms with Crippen molar-refractivity contribution in [3.63, 3.8) is 0 Å². The second-order valence-corrected chi connectivity index (χ2v) is 7.17. The van der Waals surface area contributed by atoms with E-state index in [4.69, 9.17) is 10.5 Å². The number of ether oxygens (including phenoxy) is 1. The Morgan fingerprint density at radius 1 is 0.963 bits per heavy atom. The number of fused-ring (bicyclic) bond motifs is 2. The van der Waals surface area contributed by atoms with Crippen molar-refractivity contribution in [2.45, 2.75) is 39.0 Å². The second kappa shape index (κ2) is 7.83. The standard InChI is InChI=1S/C24H26N2O/c1-2-17-15-22(27-13-12-21-8-5-9-24(25)26-21)16-20-14-19-7-4-3-6-18(19)10-11-23(17)20/h3-9,15-16H,2,10-14H2,1H3,(H2,25,26). The number of anilines is 1. The summed E-state index contributed by atoms with van der Waals surface area (Å²) in [6, 6.07) is 19.0. The predicted octanol–water partition coefficient (Wildman–Crippen LogP) is 4.54. The van der Waals surface area contributed by atoms with Crippen LogP contribution in [0, 0.1) is 0 Å². The summed E-state index contributed by atoms with van der Waals surface area (Å²) >= 11 is 0. The molecule has 0 saturated heterocycles. The molecule has 2 aromatic carbocycles. The maximum absolute atomic E-state index is 6.11. The Labute approximate surface area is 161 Å². The van der Waals surface area contributed by atoms with Crippen LogP contribution in [0.5, 0.6) is 5.75 Å². The molecule has 1 aromatic heterocycles.